The number of piperidine rings is 1. The van der Waals surface area contributed by atoms with Gasteiger partial charge in [0.1, 0.15) is 18.2 Å². The van der Waals surface area contributed by atoms with Gasteiger partial charge in [-0.05, 0) is 61.2 Å². The van der Waals surface area contributed by atoms with Crippen LogP contribution >= 0.6 is 0 Å². The summed E-state index contributed by atoms with van der Waals surface area (Å²) < 4.78 is 35.6. The number of carboxylic acids is 1. The maximum atomic E-state index is 13.7. The fourth-order valence-corrected chi connectivity index (χ4v) is 6.22. The molecule has 1 saturated heterocycles. The Hall–Kier alpha value is -4.01. The van der Waals surface area contributed by atoms with Crippen molar-refractivity contribution in [3.63, 3.8) is 0 Å². The van der Waals surface area contributed by atoms with Gasteiger partial charge in [-0.2, -0.15) is 0 Å². The second kappa shape index (κ2) is 11.7. The zero-order chi connectivity index (χ0) is 29.3. The Labute approximate surface area is 244 Å². The summed E-state index contributed by atoms with van der Waals surface area (Å²) in [4.78, 5) is 23.7. The van der Waals surface area contributed by atoms with Crippen molar-refractivity contribution < 1.29 is 23.4 Å². The van der Waals surface area contributed by atoms with Crippen LogP contribution in [0.5, 0.6) is 5.75 Å². The second-order valence-electron chi connectivity index (χ2n) is 11.7. The first-order valence-corrected chi connectivity index (χ1v) is 14.7. The third-order valence-electron chi connectivity index (χ3n) is 8.66. The lowest BCUT2D eigenvalue weighted by Crippen LogP contribution is -2.39. The molecule has 0 radical (unpaired) electrons. The lowest BCUT2D eigenvalue weighted by molar-refractivity contribution is -0.143. The highest BCUT2D eigenvalue weighted by Gasteiger charge is 2.36. The SMILES string of the molecule is Cc1ccc(COc2ccc3nc([C@H]4CCCC[C@H]4C(=O)O)n(Cc4ccc(N5CCC(F)(F)CC5)cc4)c3c2)nc1. The lowest BCUT2D eigenvalue weighted by atomic mass is 9.78. The third-order valence-corrected chi connectivity index (χ3v) is 8.66. The van der Waals surface area contributed by atoms with Crippen molar-refractivity contribution in [2.45, 2.75) is 70.4 Å². The van der Waals surface area contributed by atoms with Gasteiger partial charge in [0.25, 0.3) is 5.92 Å². The fraction of sp³-hybridized carbons (Fsp3) is 0.424. The standard InChI is InChI=1S/C33H36F2N4O3/c1-22-6-9-24(36-19-22)21-42-26-12-13-29-30(18-26)39(31(37-29)27-4-2-3-5-28(27)32(40)41)20-23-7-10-25(11-8-23)38-16-14-33(34,35)15-17-38/h6-13,18-19,27-28H,2-5,14-17,20-21H2,1H3,(H,40,41)/t27-,28+/m0/s1. The van der Waals surface area contributed by atoms with E-state index in [0.29, 0.717) is 38.4 Å². The van der Waals surface area contributed by atoms with E-state index in [0.717, 1.165) is 58.6 Å². The quantitative estimate of drug-likeness (QED) is 0.245. The van der Waals surface area contributed by atoms with Crippen LogP contribution in [0.1, 0.15) is 67.1 Å². The van der Waals surface area contributed by atoms with E-state index in [1.807, 2.05) is 72.6 Å². The maximum absolute atomic E-state index is 13.7. The van der Waals surface area contributed by atoms with E-state index < -0.39 is 17.8 Å². The monoisotopic (exact) mass is 574 g/mol. The number of nitrogens with zero attached hydrogens (tertiary/aromatic N) is 4. The molecule has 6 rings (SSSR count). The van der Waals surface area contributed by atoms with Crippen molar-refractivity contribution in [1.82, 2.24) is 14.5 Å². The van der Waals surface area contributed by atoms with Gasteiger partial charge in [-0.3, -0.25) is 9.78 Å². The molecule has 2 fully saturated rings. The molecule has 42 heavy (non-hydrogen) atoms. The first-order chi connectivity index (χ1) is 20.3. The number of aliphatic carboxylic acids is 1. The second-order valence-corrected chi connectivity index (χ2v) is 11.7. The van der Waals surface area contributed by atoms with Crippen LogP contribution in [-0.2, 0) is 17.9 Å². The van der Waals surface area contributed by atoms with Gasteiger partial charge in [0.05, 0.1) is 22.6 Å². The van der Waals surface area contributed by atoms with Crippen molar-refractivity contribution in [2.24, 2.45) is 5.92 Å². The van der Waals surface area contributed by atoms with E-state index in [2.05, 4.69) is 9.55 Å². The summed E-state index contributed by atoms with van der Waals surface area (Å²) in [6.45, 7) is 3.51. The molecule has 0 spiro atoms. The Morgan fingerprint density at radius 1 is 1.05 bits per heavy atom. The number of pyridine rings is 1. The minimum absolute atomic E-state index is 0.129. The summed E-state index contributed by atoms with van der Waals surface area (Å²) in [5.74, 6) is -2.53. The zero-order valence-electron chi connectivity index (χ0n) is 23.8. The van der Waals surface area contributed by atoms with E-state index in [9.17, 15) is 18.7 Å². The molecule has 1 aliphatic heterocycles. The van der Waals surface area contributed by atoms with Gasteiger partial charge in [-0.1, -0.05) is 31.0 Å². The molecule has 1 saturated carbocycles. The molecular weight excluding hydrogens is 538 g/mol. The number of benzene rings is 2. The summed E-state index contributed by atoms with van der Waals surface area (Å²) in [6.07, 6.45) is 4.86. The van der Waals surface area contributed by atoms with E-state index in [-0.39, 0.29) is 18.8 Å². The normalized spacial score (nSPS) is 20.5. The van der Waals surface area contributed by atoms with E-state index >= 15 is 0 Å². The molecule has 4 aromatic rings. The number of aryl methyl sites for hydroxylation is 1. The Morgan fingerprint density at radius 3 is 2.52 bits per heavy atom. The molecule has 2 atom stereocenters. The van der Waals surface area contributed by atoms with Crippen molar-refractivity contribution in [3.05, 3.63) is 83.4 Å². The van der Waals surface area contributed by atoms with Crippen molar-refractivity contribution in [1.29, 1.82) is 0 Å². The highest BCUT2D eigenvalue weighted by molar-refractivity contribution is 5.79. The topological polar surface area (TPSA) is 80.5 Å². The molecule has 2 aromatic heterocycles. The summed E-state index contributed by atoms with van der Waals surface area (Å²) in [7, 11) is 0. The molecule has 2 aromatic carbocycles. The number of hydrogen-bond acceptors (Lipinski definition) is 5. The van der Waals surface area contributed by atoms with Gasteiger partial charge >= 0.3 is 5.97 Å². The van der Waals surface area contributed by atoms with Gasteiger partial charge in [0.2, 0.25) is 0 Å². The van der Waals surface area contributed by atoms with E-state index in [1.165, 1.54) is 0 Å². The highest BCUT2D eigenvalue weighted by atomic mass is 19.3. The van der Waals surface area contributed by atoms with Gasteiger partial charge < -0.3 is 19.3 Å². The number of carbonyl (C=O) groups is 1. The molecular formula is C33H36F2N4O3. The van der Waals surface area contributed by atoms with Gasteiger partial charge in [0.15, 0.2) is 0 Å². The number of halogens is 2. The molecule has 2 aliphatic rings. The van der Waals surface area contributed by atoms with Crippen LogP contribution in [0.4, 0.5) is 14.5 Å². The van der Waals surface area contributed by atoms with Gasteiger partial charge in [-0.25, -0.2) is 13.8 Å². The molecule has 220 valence electrons. The summed E-state index contributed by atoms with van der Waals surface area (Å²) in [5.41, 5.74) is 5.56. The van der Waals surface area contributed by atoms with E-state index in [4.69, 9.17) is 9.72 Å². The number of imidazole rings is 1. The predicted octanol–water partition coefficient (Wildman–Crippen LogP) is 6.96. The molecule has 9 heteroatoms. The average Bonchev–Trinajstić information content (AvgIpc) is 3.34. The van der Waals surface area contributed by atoms with Crippen LogP contribution in [0.25, 0.3) is 11.0 Å². The molecule has 0 bridgehead atoms. The molecule has 7 nitrogen and oxygen atoms in total. The van der Waals surface area contributed by atoms with Crippen molar-refractivity contribution in [2.75, 3.05) is 18.0 Å². The molecule has 1 aliphatic carbocycles. The Morgan fingerprint density at radius 2 is 1.81 bits per heavy atom. The molecule has 0 unspecified atom stereocenters. The molecule has 1 N–H and O–H groups in total. The third kappa shape index (κ3) is 6.10. The Bertz CT molecular complexity index is 1540. The van der Waals surface area contributed by atoms with Crippen LogP contribution < -0.4 is 9.64 Å². The number of aromatic nitrogens is 3. The van der Waals surface area contributed by atoms with Crippen LogP contribution in [0.2, 0.25) is 0 Å². The molecule has 3 heterocycles. The number of carboxylic acid groups (broad SMARTS) is 1. The van der Waals surface area contributed by atoms with Crippen molar-refractivity contribution in [3.8, 4) is 5.75 Å². The zero-order valence-corrected chi connectivity index (χ0v) is 23.8. The minimum Gasteiger partial charge on any atom is -0.487 e. The highest BCUT2D eigenvalue weighted by Crippen LogP contribution is 2.40. The number of anilines is 1. The first kappa shape index (κ1) is 28.1. The summed E-state index contributed by atoms with van der Waals surface area (Å²) >= 11 is 0. The number of ether oxygens (including phenoxy) is 1. The summed E-state index contributed by atoms with van der Waals surface area (Å²) in [5, 5.41) is 10.0. The number of hydrogen-bond donors (Lipinski definition) is 1. The fourth-order valence-electron chi connectivity index (χ4n) is 6.22. The number of rotatable bonds is 8. The van der Waals surface area contributed by atoms with Crippen LogP contribution in [0, 0.1) is 12.8 Å². The van der Waals surface area contributed by atoms with Gasteiger partial charge in [0, 0.05) is 56.3 Å². The Balaban J connectivity index is 1.30. The van der Waals surface area contributed by atoms with Gasteiger partial charge in [-0.15, -0.1) is 0 Å². The Kier molecular flexibility index (Phi) is 7.84. The molecule has 0 amide bonds. The largest absolute Gasteiger partial charge is 0.487 e. The lowest BCUT2D eigenvalue weighted by Gasteiger charge is -2.33. The van der Waals surface area contributed by atoms with Crippen molar-refractivity contribution >= 4 is 22.7 Å². The number of fused-ring (bicyclic) bond motifs is 1. The van der Waals surface area contributed by atoms with Crippen LogP contribution in [0.3, 0.4) is 0 Å². The first-order valence-electron chi connectivity index (χ1n) is 14.7. The van der Waals surface area contributed by atoms with Crippen LogP contribution in [-0.4, -0.2) is 44.6 Å². The minimum atomic E-state index is -2.58. The summed E-state index contributed by atoms with van der Waals surface area (Å²) in [6, 6.07) is 17.8. The van der Waals surface area contributed by atoms with E-state index in [1.54, 1.807) is 0 Å². The number of alkyl halides is 2. The average molecular weight is 575 g/mol. The predicted molar refractivity (Wildman–Crippen MR) is 157 cm³/mol. The van der Waals surface area contributed by atoms with Crippen LogP contribution in [0.15, 0.2) is 60.8 Å². The smallest absolute Gasteiger partial charge is 0.307 e. The maximum Gasteiger partial charge on any atom is 0.307 e.